The van der Waals surface area contributed by atoms with Crippen molar-refractivity contribution in [3.63, 3.8) is 0 Å². The Bertz CT molecular complexity index is 540. The van der Waals surface area contributed by atoms with E-state index in [2.05, 4.69) is 4.98 Å². The van der Waals surface area contributed by atoms with Crippen LogP contribution in [0.3, 0.4) is 0 Å². The van der Waals surface area contributed by atoms with Gasteiger partial charge < -0.3 is 10.7 Å². The Kier molecular flexibility index (Phi) is 2.79. The number of para-hydroxylation sites is 1. The van der Waals surface area contributed by atoms with Gasteiger partial charge in [0, 0.05) is 28.6 Å². The van der Waals surface area contributed by atoms with Crippen LogP contribution in [-0.4, -0.2) is 17.3 Å². The summed E-state index contributed by atoms with van der Waals surface area (Å²) in [6.07, 6.45) is 0.404. The molecule has 1 aromatic heterocycles. The molecule has 3 N–H and O–H groups in total. The van der Waals surface area contributed by atoms with Gasteiger partial charge in [-0.15, -0.1) is 0 Å². The van der Waals surface area contributed by atoms with Gasteiger partial charge in [-0.1, -0.05) is 18.2 Å². The lowest BCUT2D eigenvalue weighted by molar-refractivity contribution is 0.0986. The molecule has 0 spiro atoms. The first-order valence-corrected chi connectivity index (χ1v) is 5.46. The topological polar surface area (TPSA) is 58.9 Å². The van der Waals surface area contributed by atoms with Crippen molar-refractivity contribution in [3.05, 3.63) is 35.0 Å². The van der Waals surface area contributed by atoms with Crippen LogP contribution in [0.4, 0.5) is 0 Å². The molecule has 16 heavy (non-hydrogen) atoms. The molecule has 0 radical (unpaired) electrons. The number of Topliss-reactive ketones (excluding diaryl/α,β-unsaturated/α-hetero) is 1. The van der Waals surface area contributed by atoms with E-state index in [1.165, 1.54) is 0 Å². The Balaban J connectivity index is 2.65. The number of carbonyl (C=O) groups is 1. The Morgan fingerprint density at radius 1 is 1.38 bits per heavy atom. The molecule has 0 unspecified atom stereocenters. The van der Waals surface area contributed by atoms with Crippen LogP contribution >= 0.6 is 0 Å². The van der Waals surface area contributed by atoms with E-state index in [4.69, 9.17) is 5.73 Å². The summed E-state index contributed by atoms with van der Waals surface area (Å²) in [5.41, 5.74) is 9.37. The molecule has 0 fully saturated rings. The van der Waals surface area contributed by atoms with Crippen molar-refractivity contribution in [2.45, 2.75) is 20.3 Å². The number of hydrogen-bond acceptors (Lipinski definition) is 2. The predicted molar refractivity (Wildman–Crippen MR) is 65.8 cm³/mol. The van der Waals surface area contributed by atoms with Crippen LogP contribution in [0.25, 0.3) is 10.9 Å². The van der Waals surface area contributed by atoms with E-state index < -0.39 is 0 Å². The zero-order valence-corrected chi connectivity index (χ0v) is 9.63. The zero-order valence-electron chi connectivity index (χ0n) is 9.63. The largest absolute Gasteiger partial charge is 0.358 e. The van der Waals surface area contributed by atoms with E-state index in [1.807, 2.05) is 32.0 Å². The van der Waals surface area contributed by atoms with Crippen molar-refractivity contribution in [2.75, 3.05) is 6.54 Å². The highest BCUT2D eigenvalue weighted by Crippen LogP contribution is 2.25. The van der Waals surface area contributed by atoms with Crippen molar-refractivity contribution in [1.29, 1.82) is 0 Å². The first-order chi connectivity index (χ1) is 7.65. The summed E-state index contributed by atoms with van der Waals surface area (Å²) in [5, 5.41) is 1.01. The third-order valence-corrected chi connectivity index (χ3v) is 2.88. The highest BCUT2D eigenvalue weighted by molar-refractivity contribution is 6.09. The second-order valence-electron chi connectivity index (χ2n) is 4.08. The summed E-state index contributed by atoms with van der Waals surface area (Å²) in [5.74, 6) is 0.122. The standard InChI is InChI=1S/C13H16N2O/c1-8-4-3-5-10-12(11(16)6-7-14)9(2)15-13(8)10/h3-5,15H,6-7,14H2,1-2H3. The number of aromatic nitrogens is 1. The molecule has 0 saturated carbocycles. The average Bonchev–Trinajstić information content (AvgIpc) is 2.56. The van der Waals surface area contributed by atoms with Crippen molar-refractivity contribution in [3.8, 4) is 0 Å². The van der Waals surface area contributed by atoms with Crippen molar-refractivity contribution in [2.24, 2.45) is 5.73 Å². The molecule has 0 saturated heterocycles. The number of ketones is 1. The van der Waals surface area contributed by atoms with Gasteiger partial charge >= 0.3 is 0 Å². The highest BCUT2D eigenvalue weighted by Gasteiger charge is 2.15. The lowest BCUT2D eigenvalue weighted by atomic mass is 10.0. The van der Waals surface area contributed by atoms with Gasteiger partial charge in [0.2, 0.25) is 0 Å². The molecule has 0 aliphatic carbocycles. The molecule has 0 atom stereocenters. The fraction of sp³-hybridized carbons (Fsp3) is 0.308. The molecular formula is C13H16N2O. The number of carbonyl (C=O) groups excluding carboxylic acids is 1. The maximum atomic E-state index is 12.0. The molecule has 0 amide bonds. The first kappa shape index (κ1) is 10.9. The van der Waals surface area contributed by atoms with Crippen LogP contribution < -0.4 is 5.73 Å². The highest BCUT2D eigenvalue weighted by atomic mass is 16.1. The summed E-state index contributed by atoms with van der Waals surface area (Å²) in [4.78, 5) is 15.2. The minimum atomic E-state index is 0.122. The SMILES string of the molecule is Cc1[nH]c2c(C)cccc2c1C(=O)CCN. The molecule has 1 heterocycles. The van der Waals surface area contributed by atoms with E-state index in [0.717, 1.165) is 27.7 Å². The lowest BCUT2D eigenvalue weighted by Crippen LogP contribution is -2.08. The second kappa shape index (κ2) is 4.10. The number of H-pyrrole nitrogens is 1. The van der Waals surface area contributed by atoms with Crippen LogP contribution in [0.5, 0.6) is 0 Å². The number of aromatic amines is 1. The Morgan fingerprint density at radius 3 is 2.81 bits per heavy atom. The molecule has 1 aromatic carbocycles. The van der Waals surface area contributed by atoms with Crippen LogP contribution in [0, 0.1) is 13.8 Å². The molecule has 0 bridgehead atoms. The maximum Gasteiger partial charge on any atom is 0.166 e. The number of rotatable bonds is 3. The van der Waals surface area contributed by atoms with Crippen molar-refractivity contribution >= 4 is 16.7 Å². The second-order valence-corrected chi connectivity index (χ2v) is 4.08. The van der Waals surface area contributed by atoms with Crippen molar-refractivity contribution in [1.82, 2.24) is 4.98 Å². The van der Waals surface area contributed by atoms with Gasteiger partial charge in [-0.3, -0.25) is 4.79 Å². The van der Waals surface area contributed by atoms with Gasteiger partial charge in [-0.05, 0) is 26.0 Å². The van der Waals surface area contributed by atoms with Gasteiger partial charge in [-0.25, -0.2) is 0 Å². The van der Waals surface area contributed by atoms with E-state index in [0.29, 0.717) is 13.0 Å². The number of fused-ring (bicyclic) bond motifs is 1. The fourth-order valence-electron chi connectivity index (χ4n) is 2.11. The third-order valence-electron chi connectivity index (χ3n) is 2.88. The van der Waals surface area contributed by atoms with Crippen LogP contribution in [0.15, 0.2) is 18.2 Å². The van der Waals surface area contributed by atoms with E-state index in [1.54, 1.807) is 0 Å². The summed E-state index contributed by atoms with van der Waals surface area (Å²) >= 11 is 0. The quantitative estimate of drug-likeness (QED) is 0.773. The fourth-order valence-corrected chi connectivity index (χ4v) is 2.11. The van der Waals surface area contributed by atoms with E-state index in [9.17, 15) is 4.79 Å². The van der Waals surface area contributed by atoms with Gasteiger partial charge in [0.15, 0.2) is 5.78 Å². The minimum absolute atomic E-state index is 0.122. The van der Waals surface area contributed by atoms with Crippen molar-refractivity contribution < 1.29 is 4.79 Å². The normalized spacial score (nSPS) is 10.9. The smallest absolute Gasteiger partial charge is 0.166 e. The van der Waals surface area contributed by atoms with Crippen LogP contribution in [-0.2, 0) is 0 Å². The number of nitrogens with two attached hydrogens (primary N) is 1. The number of aryl methyl sites for hydroxylation is 2. The van der Waals surface area contributed by atoms with Gasteiger partial charge in [0.25, 0.3) is 0 Å². The summed E-state index contributed by atoms with van der Waals surface area (Å²) in [6.45, 7) is 4.37. The molecule has 2 aromatic rings. The monoisotopic (exact) mass is 216 g/mol. The minimum Gasteiger partial charge on any atom is -0.358 e. The molecular weight excluding hydrogens is 200 g/mol. The number of hydrogen-bond donors (Lipinski definition) is 2. The average molecular weight is 216 g/mol. The third kappa shape index (κ3) is 1.63. The zero-order chi connectivity index (χ0) is 11.7. The summed E-state index contributed by atoms with van der Waals surface area (Å²) < 4.78 is 0. The lowest BCUT2D eigenvalue weighted by Gasteiger charge is -1.99. The number of benzene rings is 1. The van der Waals surface area contributed by atoms with Crippen LogP contribution in [0.1, 0.15) is 28.0 Å². The van der Waals surface area contributed by atoms with Gasteiger partial charge in [0.05, 0.1) is 0 Å². The number of nitrogens with one attached hydrogen (secondary N) is 1. The Labute approximate surface area is 94.6 Å². The Hall–Kier alpha value is -1.61. The van der Waals surface area contributed by atoms with Gasteiger partial charge in [0.1, 0.15) is 0 Å². The van der Waals surface area contributed by atoms with E-state index >= 15 is 0 Å². The van der Waals surface area contributed by atoms with Crippen LogP contribution in [0.2, 0.25) is 0 Å². The summed E-state index contributed by atoms with van der Waals surface area (Å²) in [7, 11) is 0. The first-order valence-electron chi connectivity index (χ1n) is 5.46. The molecule has 3 heteroatoms. The molecule has 0 aliphatic rings. The molecule has 84 valence electrons. The molecule has 2 rings (SSSR count). The summed E-state index contributed by atoms with van der Waals surface area (Å²) in [6, 6.07) is 6.00. The Morgan fingerprint density at radius 2 is 2.12 bits per heavy atom. The van der Waals surface area contributed by atoms with E-state index in [-0.39, 0.29) is 5.78 Å². The molecule has 0 aliphatic heterocycles. The molecule has 3 nitrogen and oxygen atoms in total. The predicted octanol–water partition coefficient (Wildman–Crippen LogP) is 2.32. The van der Waals surface area contributed by atoms with Gasteiger partial charge in [-0.2, -0.15) is 0 Å². The maximum absolute atomic E-state index is 12.0.